The summed E-state index contributed by atoms with van der Waals surface area (Å²) in [7, 11) is 0. The summed E-state index contributed by atoms with van der Waals surface area (Å²) in [6.45, 7) is 6.84. The number of para-hydroxylation sites is 1. The molecule has 5 heteroatoms. The van der Waals surface area contributed by atoms with Gasteiger partial charge in [-0.15, -0.1) is 0 Å². The first-order chi connectivity index (χ1) is 12.6. The van der Waals surface area contributed by atoms with Gasteiger partial charge in [0.15, 0.2) is 0 Å². The number of hydrogen-bond donors (Lipinski definition) is 1. The Bertz CT molecular complexity index is 976. The quantitative estimate of drug-likeness (QED) is 0.765. The lowest BCUT2D eigenvalue weighted by Gasteiger charge is -2.36. The third-order valence-corrected chi connectivity index (χ3v) is 5.42. The fourth-order valence-corrected chi connectivity index (χ4v) is 3.89. The molecule has 0 saturated carbocycles. The molecule has 1 aliphatic rings. The summed E-state index contributed by atoms with van der Waals surface area (Å²) in [6.07, 6.45) is 0. The smallest absolute Gasteiger partial charge is 0.256 e. The summed E-state index contributed by atoms with van der Waals surface area (Å²) in [6, 6.07) is 16.1. The van der Waals surface area contributed by atoms with Crippen LogP contribution in [0.1, 0.15) is 11.3 Å². The van der Waals surface area contributed by atoms with Gasteiger partial charge in [-0.25, -0.2) is 0 Å². The second kappa shape index (κ2) is 7.14. The normalized spacial score (nSPS) is 15.5. The average molecular weight is 368 g/mol. The Hall–Kier alpha value is -2.30. The van der Waals surface area contributed by atoms with Crippen molar-refractivity contribution in [1.29, 1.82) is 0 Å². The van der Waals surface area contributed by atoms with Gasteiger partial charge in [-0.2, -0.15) is 0 Å². The van der Waals surface area contributed by atoms with Crippen molar-refractivity contribution >= 4 is 28.1 Å². The number of pyridine rings is 1. The van der Waals surface area contributed by atoms with Crippen LogP contribution in [-0.4, -0.2) is 36.1 Å². The van der Waals surface area contributed by atoms with Gasteiger partial charge in [0.1, 0.15) is 0 Å². The first-order valence-electron chi connectivity index (χ1n) is 8.95. The topological polar surface area (TPSA) is 39.3 Å². The van der Waals surface area contributed by atoms with Gasteiger partial charge in [0.25, 0.3) is 5.56 Å². The molecule has 0 spiro atoms. The number of H-pyrrole nitrogens is 1. The molecule has 2 heterocycles. The molecule has 1 fully saturated rings. The predicted octanol–water partition coefficient (Wildman–Crippen LogP) is 3.81. The zero-order chi connectivity index (χ0) is 18.1. The van der Waals surface area contributed by atoms with Crippen LogP contribution in [0, 0.1) is 6.92 Å². The van der Waals surface area contributed by atoms with E-state index in [0.29, 0.717) is 10.4 Å². The highest BCUT2D eigenvalue weighted by molar-refractivity contribution is 6.31. The number of fused-ring (bicyclic) bond motifs is 1. The van der Waals surface area contributed by atoms with Gasteiger partial charge in [0, 0.05) is 54.5 Å². The Balaban J connectivity index is 1.55. The second-order valence-electron chi connectivity index (χ2n) is 6.85. The van der Waals surface area contributed by atoms with Gasteiger partial charge in [-0.3, -0.25) is 9.69 Å². The van der Waals surface area contributed by atoms with Gasteiger partial charge in [0.2, 0.25) is 0 Å². The van der Waals surface area contributed by atoms with Crippen molar-refractivity contribution in [3.05, 3.63) is 75.2 Å². The van der Waals surface area contributed by atoms with E-state index in [2.05, 4.69) is 45.1 Å². The highest BCUT2D eigenvalue weighted by Crippen LogP contribution is 2.24. The van der Waals surface area contributed by atoms with Crippen LogP contribution in [-0.2, 0) is 6.54 Å². The second-order valence-corrected chi connectivity index (χ2v) is 7.28. The number of hydrogen-bond acceptors (Lipinski definition) is 3. The van der Waals surface area contributed by atoms with E-state index in [0.717, 1.165) is 43.8 Å². The van der Waals surface area contributed by atoms with Gasteiger partial charge >= 0.3 is 0 Å². The molecule has 0 aliphatic carbocycles. The van der Waals surface area contributed by atoms with Gasteiger partial charge < -0.3 is 9.88 Å². The minimum Gasteiger partial charge on any atom is -0.369 e. The molecule has 26 heavy (non-hydrogen) atoms. The molecule has 4 rings (SSSR count). The summed E-state index contributed by atoms with van der Waals surface area (Å²) in [5, 5.41) is 2.26. The van der Waals surface area contributed by atoms with Crippen LogP contribution in [0.25, 0.3) is 10.8 Å². The molecule has 134 valence electrons. The third kappa shape index (κ3) is 3.35. The van der Waals surface area contributed by atoms with Crippen LogP contribution in [0.5, 0.6) is 0 Å². The Morgan fingerprint density at radius 1 is 1.00 bits per heavy atom. The lowest BCUT2D eigenvalue weighted by Crippen LogP contribution is -2.46. The number of benzene rings is 2. The minimum absolute atomic E-state index is 0.0716. The SMILES string of the molecule is Cc1[nH]c(=O)c2cc(Cl)ccc2c1CN1CCN(c2ccccc2)CC1. The lowest BCUT2D eigenvalue weighted by molar-refractivity contribution is 0.250. The van der Waals surface area contributed by atoms with Crippen molar-refractivity contribution in [2.24, 2.45) is 0 Å². The molecule has 0 unspecified atom stereocenters. The number of anilines is 1. The van der Waals surface area contributed by atoms with Gasteiger partial charge in [0.05, 0.1) is 0 Å². The van der Waals surface area contributed by atoms with Crippen molar-refractivity contribution in [2.75, 3.05) is 31.1 Å². The zero-order valence-corrected chi connectivity index (χ0v) is 15.6. The largest absolute Gasteiger partial charge is 0.369 e. The van der Waals surface area contributed by atoms with E-state index in [4.69, 9.17) is 11.6 Å². The fraction of sp³-hybridized carbons (Fsp3) is 0.286. The van der Waals surface area contributed by atoms with Crippen molar-refractivity contribution in [3.63, 3.8) is 0 Å². The molecule has 0 radical (unpaired) electrons. The molecule has 2 aromatic carbocycles. The van der Waals surface area contributed by atoms with Gasteiger partial charge in [-0.05, 0) is 42.1 Å². The van der Waals surface area contributed by atoms with E-state index in [1.807, 2.05) is 19.1 Å². The van der Waals surface area contributed by atoms with Crippen LogP contribution in [0.15, 0.2) is 53.3 Å². The Kier molecular flexibility index (Phi) is 4.70. The summed E-state index contributed by atoms with van der Waals surface area (Å²) in [4.78, 5) is 20.1. The van der Waals surface area contributed by atoms with E-state index in [1.165, 1.54) is 11.3 Å². The molecule has 1 aromatic heterocycles. The summed E-state index contributed by atoms with van der Waals surface area (Å²) in [5.74, 6) is 0. The molecule has 1 N–H and O–H groups in total. The third-order valence-electron chi connectivity index (χ3n) is 5.18. The average Bonchev–Trinajstić information content (AvgIpc) is 2.66. The standard InChI is InChI=1S/C21H22ClN3O/c1-15-20(18-8-7-16(22)13-19(18)21(26)23-15)14-24-9-11-25(12-10-24)17-5-3-2-4-6-17/h2-8,13H,9-12,14H2,1H3,(H,23,26). The fourth-order valence-electron chi connectivity index (χ4n) is 3.71. The summed E-state index contributed by atoms with van der Waals surface area (Å²) in [5.41, 5.74) is 3.34. The number of nitrogens with zero attached hydrogens (tertiary/aromatic N) is 2. The van der Waals surface area contributed by atoms with Crippen LogP contribution >= 0.6 is 11.6 Å². The maximum atomic E-state index is 12.3. The Labute approximate surface area is 158 Å². The molecule has 0 bridgehead atoms. The van der Waals surface area contributed by atoms with Crippen LogP contribution in [0.2, 0.25) is 5.02 Å². The van der Waals surface area contributed by atoms with E-state index in [1.54, 1.807) is 6.07 Å². The first kappa shape index (κ1) is 17.1. The Morgan fingerprint density at radius 2 is 1.73 bits per heavy atom. The Morgan fingerprint density at radius 3 is 2.46 bits per heavy atom. The minimum atomic E-state index is -0.0716. The monoisotopic (exact) mass is 367 g/mol. The first-order valence-corrected chi connectivity index (χ1v) is 9.33. The molecular weight excluding hydrogens is 346 g/mol. The van der Waals surface area contributed by atoms with Crippen molar-refractivity contribution in [2.45, 2.75) is 13.5 Å². The molecule has 0 amide bonds. The number of rotatable bonds is 3. The molecule has 4 nitrogen and oxygen atoms in total. The highest BCUT2D eigenvalue weighted by atomic mass is 35.5. The maximum absolute atomic E-state index is 12.3. The lowest BCUT2D eigenvalue weighted by atomic mass is 10.0. The maximum Gasteiger partial charge on any atom is 0.256 e. The van der Waals surface area contributed by atoms with Crippen molar-refractivity contribution in [3.8, 4) is 0 Å². The number of nitrogens with one attached hydrogen (secondary N) is 1. The van der Waals surface area contributed by atoms with Crippen LogP contribution in [0.4, 0.5) is 5.69 Å². The van der Waals surface area contributed by atoms with Gasteiger partial charge in [-0.1, -0.05) is 35.9 Å². The molecule has 0 atom stereocenters. The number of piperazine rings is 1. The molecule has 1 aliphatic heterocycles. The summed E-state index contributed by atoms with van der Waals surface area (Å²) >= 11 is 6.08. The zero-order valence-electron chi connectivity index (χ0n) is 14.8. The highest BCUT2D eigenvalue weighted by Gasteiger charge is 2.19. The van der Waals surface area contributed by atoms with Crippen LogP contribution < -0.4 is 10.5 Å². The van der Waals surface area contributed by atoms with Crippen LogP contribution in [0.3, 0.4) is 0 Å². The van der Waals surface area contributed by atoms with Crippen molar-refractivity contribution in [1.82, 2.24) is 9.88 Å². The predicted molar refractivity (Wildman–Crippen MR) is 108 cm³/mol. The molecular formula is C21H22ClN3O. The summed E-state index contributed by atoms with van der Waals surface area (Å²) < 4.78 is 0. The van der Waals surface area contributed by atoms with E-state index in [-0.39, 0.29) is 5.56 Å². The number of aryl methyl sites for hydroxylation is 1. The molecule has 1 saturated heterocycles. The van der Waals surface area contributed by atoms with E-state index >= 15 is 0 Å². The molecule has 3 aromatic rings. The number of aromatic amines is 1. The number of aromatic nitrogens is 1. The van der Waals surface area contributed by atoms with E-state index < -0.39 is 0 Å². The van der Waals surface area contributed by atoms with Crippen molar-refractivity contribution < 1.29 is 0 Å². The number of halogens is 1. The van der Waals surface area contributed by atoms with E-state index in [9.17, 15) is 4.79 Å².